The molecule has 0 bridgehead atoms. The molecule has 0 unspecified atom stereocenters. The Morgan fingerprint density at radius 2 is 1.97 bits per heavy atom. The Balaban J connectivity index is 1.47. The lowest BCUT2D eigenvalue weighted by Gasteiger charge is -2.12. The summed E-state index contributed by atoms with van der Waals surface area (Å²) in [5.41, 5.74) is 4.64. The van der Waals surface area contributed by atoms with Crippen LogP contribution in [0.2, 0.25) is 5.02 Å². The Morgan fingerprint density at radius 3 is 2.73 bits per heavy atom. The molecule has 4 aromatic rings. The first-order chi connectivity index (χ1) is 14.4. The monoisotopic (exact) mass is 484 g/mol. The molecule has 1 amide bonds. The summed E-state index contributed by atoms with van der Waals surface area (Å²) in [4.78, 5) is 16.9. The molecule has 1 N–H and O–H groups in total. The summed E-state index contributed by atoms with van der Waals surface area (Å²) < 4.78 is 12.3. The lowest BCUT2D eigenvalue weighted by atomic mass is 10.1. The molecule has 30 heavy (non-hydrogen) atoms. The fourth-order valence-electron chi connectivity index (χ4n) is 3.18. The van der Waals surface area contributed by atoms with Gasteiger partial charge in [-0.15, -0.1) is 0 Å². The number of halogens is 2. The van der Waals surface area contributed by atoms with Crippen LogP contribution in [-0.4, -0.2) is 17.5 Å². The van der Waals surface area contributed by atoms with E-state index in [9.17, 15) is 4.79 Å². The van der Waals surface area contributed by atoms with Crippen LogP contribution in [0, 0.1) is 13.8 Å². The van der Waals surface area contributed by atoms with E-state index in [1.54, 1.807) is 24.3 Å². The average molecular weight is 486 g/mol. The molecule has 1 aromatic heterocycles. The van der Waals surface area contributed by atoms with Gasteiger partial charge in [0.1, 0.15) is 11.3 Å². The van der Waals surface area contributed by atoms with Gasteiger partial charge in [-0.1, -0.05) is 29.8 Å². The van der Waals surface area contributed by atoms with Gasteiger partial charge >= 0.3 is 0 Å². The number of ether oxygens (including phenoxy) is 1. The summed E-state index contributed by atoms with van der Waals surface area (Å²) in [5.74, 6) is 0.824. The van der Waals surface area contributed by atoms with E-state index < -0.39 is 0 Å². The number of rotatable bonds is 5. The highest BCUT2D eigenvalue weighted by molar-refractivity contribution is 9.10. The molecule has 4 rings (SSSR count). The summed E-state index contributed by atoms with van der Waals surface area (Å²) >= 11 is 9.71. The zero-order valence-corrected chi connectivity index (χ0v) is 18.7. The summed E-state index contributed by atoms with van der Waals surface area (Å²) in [5, 5.41) is 3.39. The Morgan fingerprint density at radius 1 is 1.17 bits per heavy atom. The van der Waals surface area contributed by atoms with Crippen LogP contribution < -0.4 is 10.1 Å². The second kappa shape index (κ2) is 8.50. The van der Waals surface area contributed by atoms with Gasteiger partial charge in [0.15, 0.2) is 12.2 Å². The van der Waals surface area contributed by atoms with E-state index in [0.29, 0.717) is 39.0 Å². The van der Waals surface area contributed by atoms with Crippen molar-refractivity contribution in [1.82, 2.24) is 4.98 Å². The molecule has 0 atom stereocenters. The molecule has 5 nitrogen and oxygen atoms in total. The van der Waals surface area contributed by atoms with E-state index in [1.807, 2.05) is 44.2 Å². The Labute approximate surface area is 187 Å². The number of hydrogen-bond acceptors (Lipinski definition) is 4. The predicted molar refractivity (Wildman–Crippen MR) is 122 cm³/mol. The van der Waals surface area contributed by atoms with Gasteiger partial charge < -0.3 is 14.5 Å². The van der Waals surface area contributed by atoms with Crippen molar-refractivity contribution in [2.45, 2.75) is 13.8 Å². The SMILES string of the molecule is Cc1cc(C)c(OCC(=O)Nc2ccc3oc(-c4ccccc4Cl)nc3c2)c(Br)c1. The lowest BCUT2D eigenvalue weighted by molar-refractivity contribution is -0.118. The van der Waals surface area contributed by atoms with Crippen LogP contribution in [0.4, 0.5) is 5.69 Å². The number of fused-ring (bicyclic) bond motifs is 1. The minimum absolute atomic E-state index is 0.107. The molecule has 3 aromatic carbocycles. The van der Waals surface area contributed by atoms with Gasteiger partial charge in [0.2, 0.25) is 5.89 Å². The first kappa shape index (κ1) is 20.4. The van der Waals surface area contributed by atoms with E-state index in [2.05, 4.69) is 26.2 Å². The quantitative estimate of drug-likeness (QED) is 0.348. The fourth-order valence-corrected chi connectivity index (χ4v) is 4.18. The van der Waals surface area contributed by atoms with Gasteiger partial charge in [0, 0.05) is 5.69 Å². The largest absolute Gasteiger partial charge is 0.482 e. The van der Waals surface area contributed by atoms with E-state index in [4.69, 9.17) is 20.8 Å². The molecule has 0 aliphatic rings. The molecular formula is C23H18BrClN2O3. The average Bonchev–Trinajstić information content (AvgIpc) is 3.10. The Bertz CT molecular complexity index is 1230. The Hall–Kier alpha value is -2.83. The number of carbonyl (C=O) groups is 1. The maximum Gasteiger partial charge on any atom is 0.262 e. The third-order valence-corrected chi connectivity index (χ3v) is 5.42. The van der Waals surface area contributed by atoms with Crippen molar-refractivity contribution in [2.24, 2.45) is 0 Å². The molecular weight excluding hydrogens is 468 g/mol. The zero-order valence-electron chi connectivity index (χ0n) is 16.3. The van der Waals surface area contributed by atoms with Crippen molar-refractivity contribution in [3.05, 3.63) is 75.2 Å². The summed E-state index contributed by atoms with van der Waals surface area (Å²) in [7, 11) is 0. The van der Waals surface area contributed by atoms with Gasteiger partial charge in [0.25, 0.3) is 5.91 Å². The first-order valence-electron chi connectivity index (χ1n) is 9.25. The van der Waals surface area contributed by atoms with Gasteiger partial charge in [-0.25, -0.2) is 4.98 Å². The standard InChI is InChI=1S/C23H18BrClN2O3/c1-13-9-14(2)22(17(24)10-13)29-12-21(28)26-15-7-8-20-19(11-15)27-23(30-20)16-5-3-4-6-18(16)25/h3-11H,12H2,1-2H3,(H,26,28). The molecule has 1 heterocycles. The van der Waals surface area contributed by atoms with Gasteiger partial charge in [-0.05, 0) is 77.3 Å². The number of hydrogen-bond donors (Lipinski definition) is 1. The molecule has 0 aliphatic carbocycles. The van der Waals surface area contributed by atoms with Crippen molar-refractivity contribution in [1.29, 1.82) is 0 Å². The summed E-state index contributed by atoms with van der Waals surface area (Å²) in [6, 6.07) is 16.6. The molecule has 0 fully saturated rings. The van der Waals surface area contributed by atoms with Gasteiger partial charge in [-0.3, -0.25) is 4.79 Å². The van der Waals surface area contributed by atoms with Gasteiger partial charge in [0.05, 0.1) is 15.1 Å². The fraction of sp³-hybridized carbons (Fsp3) is 0.130. The number of aryl methyl sites for hydroxylation is 2. The maximum atomic E-state index is 12.4. The number of oxazole rings is 1. The number of amides is 1. The van der Waals surface area contributed by atoms with Crippen LogP contribution in [0.5, 0.6) is 5.75 Å². The topological polar surface area (TPSA) is 64.4 Å². The number of nitrogens with zero attached hydrogens (tertiary/aromatic N) is 1. The van der Waals surface area contributed by atoms with Crippen LogP contribution in [0.25, 0.3) is 22.6 Å². The van der Waals surface area contributed by atoms with Crippen LogP contribution >= 0.6 is 27.5 Å². The minimum atomic E-state index is -0.268. The highest BCUT2D eigenvalue weighted by atomic mass is 79.9. The lowest BCUT2D eigenvalue weighted by Crippen LogP contribution is -2.20. The molecule has 7 heteroatoms. The third kappa shape index (κ3) is 4.35. The van der Waals surface area contributed by atoms with E-state index in [1.165, 1.54) is 0 Å². The van der Waals surface area contributed by atoms with Crippen molar-refractivity contribution < 1.29 is 13.9 Å². The van der Waals surface area contributed by atoms with E-state index in [-0.39, 0.29) is 12.5 Å². The van der Waals surface area contributed by atoms with Crippen LogP contribution in [0.15, 0.2) is 63.5 Å². The van der Waals surface area contributed by atoms with Crippen molar-refractivity contribution in [3.63, 3.8) is 0 Å². The third-order valence-electron chi connectivity index (χ3n) is 4.50. The molecule has 0 saturated carbocycles. The summed E-state index contributed by atoms with van der Waals surface area (Å²) in [6.07, 6.45) is 0. The van der Waals surface area contributed by atoms with E-state index in [0.717, 1.165) is 15.6 Å². The van der Waals surface area contributed by atoms with Crippen molar-refractivity contribution in [2.75, 3.05) is 11.9 Å². The normalized spacial score (nSPS) is 10.9. The highest BCUT2D eigenvalue weighted by Crippen LogP contribution is 2.31. The van der Waals surface area contributed by atoms with Crippen LogP contribution in [0.3, 0.4) is 0 Å². The number of benzene rings is 3. The van der Waals surface area contributed by atoms with Crippen molar-refractivity contribution in [3.8, 4) is 17.2 Å². The number of nitrogens with one attached hydrogen (secondary N) is 1. The van der Waals surface area contributed by atoms with Crippen LogP contribution in [-0.2, 0) is 4.79 Å². The first-order valence-corrected chi connectivity index (χ1v) is 10.4. The Kier molecular flexibility index (Phi) is 5.79. The summed E-state index contributed by atoms with van der Waals surface area (Å²) in [6.45, 7) is 3.84. The second-order valence-corrected chi connectivity index (χ2v) is 8.17. The van der Waals surface area contributed by atoms with Gasteiger partial charge in [-0.2, -0.15) is 0 Å². The minimum Gasteiger partial charge on any atom is -0.482 e. The predicted octanol–water partition coefficient (Wildman–Crippen LogP) is 6.55. The van der Waals surface area contributed by atoms with Crippen molar-refractivity contribution >= 4 is 50.2 Å². The molecule has 0 aliphatic heterocycles. The molecule has 0 saturated heterocycles. The molecule has 0 radical (unpaired) electrons. The highest BCUT2D eigenvalue weighted by Gasteiger charge is 2.13. The maximum absolute atomic E-state index is 12.4. The van der Waals surface area contributed by atoms with E-state index >= 15 is 0 Å². The molecule has 0 spiro atoms. The number of anilines is 1. The number of carbonyl (C=O) groups excluding carboxylic acids is 1. The van der Waals surface area contributed by atoms with Crippen LogP contribution in [0.1, 0.15) is 11.1 Å². The smallest absolute Gasteiger partial charge is 0.262 e. The number of aromatic nitrogens is 1. The second-order valence-electron chi connectivity index (χ2n) is 6.91. The zero-order chi connectivity index (χ0) is 21.3. The molecule has 152 valence electrons.